The molecule has 7 heteroatoms. The molecule has 0 aliphatic heterocycles. The van der Waals surface area contributed by atoms with Crippen molar-refractivity contribution in [2.24, 2.45) is 5.73 Å². The van der Waals surface area contributed by atoms with Crippen LogP contribution in [-0.4, -0.2) is 37.0 Å². The number of hydrogen-bond donors (Lipinski definition) is 2. The number of nitrogens with two attached hydrogens (primary N) is 1. The summed E-state index contributed by atoms with van der Waals surface area (Å²) in [6, 6.07) is 14.5. The zero-order valence-electron chi connectivity index (χ0n) is 15.3. The molecule has 142 valence electrons. The number of carbonyl (C=O) groups is 3. The van der Waals surface area contributed by atoms with Crippen LogP contribution in [0.25, 0.3) is 0 Å². The number of benzene rings is 2. The van der Waals surface area contributed by atoms with E-state index in [4.69, 9.17) is 10.5 Å². The van der Waals surface area contributed by atoms with Crippen molar-refractivity contribution in [3.8, 4) is 0 Å². The molecule has 0 aromatic heterocycles. The lowest BCUT2D eigenvalue weighted by molar-refractivity contribution is -0.122. The summed E-state index contributed by atoms with van der Waals surface area (Å²) in [5, 5.41) is 2.76. The molecule has 0 saturated carbocycles. The third kappa shape index (κ3) is 5.15. The highest BCUT2D eigenvalue weighted by Crippen LogP contribution is 2.21. The molecule has 0 radical (unpaired) electrons. The molecule has 2 rings (SSSR count). The molecular formula is C20H23N3O4. The van der Waals surface area contributed by atoms with Gasteiger partial charge in [-0.15, -0.1) is 0 Å². The van der Waals surface area contributed by atoms with Crippen molar-refractivity contribution in [1.29, 1.82) is 0 Å². The lowest BCUT2D eigenvalue weighted by Gasteiger charge is -2.28. The van der Waals surface area contributed by atoms with Crippen LogP contribution in [0.5, 0.6) is 0 Å². The molecule has 1 unspecified atom stereocenters. The van der Waals surface area contributed by atoms with Gasteiger partial charge in [0, 0.05) is 11.4 Å². The van der Waals surface area contributed by atoms with Gasteiger partial charge in [0.15, 0.2) is 0 Å². The first-order valence-corrected chi connectivity index (χ1v) is 8.63. The average Bonchev–Trinajstić information content (AvgIpc) is 2.69. The second kappa shape index (κ2) is 9.49. The number of amides is 2. The Morgan fingerprint density at radius 2 is 1.81 bits per heavy atom. The number of hydrogen-bond acceptors (Lipinski definition) is 5. The van der Waals surface area contributed by atoms with Gasteiger partial charge in [-0.3, -0.25) is 14.5 Å². The van der Waals surface area contributed by atoms with Crippen LogP contribution in [0.4, 0.5) is 11.4 Å². The van der Waals surface area contributed by atoms with Crippen molar-refractivity contribution >= 4 is 29.2 Å². The van der Waals surface area contributed by atoms with Crippen molar-refractivity contribution < 1.29 is 19.1 Å². The molecule has 7 nitrogen and oxygen atoms in total. The predicted octanol–water partition coefficient (Wildman–Crippen LogP) is 2.18. The Morgan fingerprint density at radius 1 is 1.11 bits per heavy atom. The van der Waals surface area contributed by atoms with Gasteiger partial charge in [0.25, 0.3) is 0 Å². The van der Waals surface area contributed by atoms with E-state index in [-0.39, 0.29) is 19.1 Å². The molecule has 3 N–H and O–H groups in total. The summed E-state index contributed by atoms with van der Waals surface area (Å²) in [6.07, 6.45) is 0. The number of carbonyl (C=O) groups excluding carboxylic acids is 3. The molecule has 2 amide bonds. The summed E-state index contributed by atoms with van der Waals surface area (Å²) >= 11 is 0. The second-order valence-corrected chi connectivity index (χ2v) is 5.77. The van der Waals surface area contributed by atoms with Crippen LogP contribution in [0.2, 0.25) is 0 Å². The second-order valence-electron chi connectivity index (χ2n) is 5.77. The van der Waals surface area contributed by atoms with Crippen molar-refractivity contribution in [2.75, 3.05) is 23.4 Å². The van der Waals surface area contributed by atoms with Crippen LogP contribution < -0.4 is 16.0 Å². The van der Waals surface area contributed by atoms with E-state index >= 15 is 0 Å². The minimum Gasteiger partial charge on any atom is -0.462 e. The van der Waals surface area contributed by atoms with E-state index in [0.29, 0.717) is 16.9 Å². The fourth-order valence-electron chi connectivity index (χ4n) is 2.56. The zero-order chi connectivity index (χ0) is 19.8. The van der Waals surface area contributed by atoms with E-state index in [9.17, 15) is 14.4 Å². The maximum absolute atomic E-state index is 12.6. The highest BCUT2D eigenvalue weighted by Gasteiger charge is 2.27. The standard InChI is InChI=1S/C20H23N3O4/c1-3-27-20(26)15-8-7-11-17(12-15)23(18(24)13-21)14(2)19(25)22-16-9-5-4-6-10-16/h4-12,14H,3,13,21H2,1-2H3,(H,22,25). The Kier molecular flexibility index (Phi) is 7.08. The van der Waals surface area contributed by atoms with Gasteiger partial charge in [-0.25, -0.2) is 4.79 Å². The molecule has 0 fully saturated rings. The summed E-state index contributed by atoms with van der Waals surface area (Å²) < 4.78 is 4.99. The molecular weight excluding hydrogens is 346 g/mol. The first-order valence-electron chi connectivity index (χ1n) is 8.63. The van der Waals surface area contributed by atoms with Crippen LogP contribution in [0, 0.1) is 0 Å². The third-order valence-corrected chi connectivity index (χ3v) is 3.89. The van der Waals surface area contributed by atoms with Gasteiger partial charge in [-0.2, -0.15) is 0 Å². The fraction of sp³-hybridized carbons (Fsp3) is 0.250. The van der Waals surface area contributed by atoms with Gasteiger partial charge in [0.2, 0.25) is 11.8 Å². The summed E-state index contributed by atoms with van der Waals surface area (Å²) in [7, 11) is 0. The minimum atomic E-state index is -0.835. The average molecular weight is 369 g/mol. The molecule has 2 aromatic rings. The number of para-hydroxylation sites is 1. The van der Waals surface area contributed by atoms with Crippen molar-refractivity contribution in [1.82, 2.24) is 0 Å². The fourth-order valence-corrected chi connectivity index (χ4v) is 2.56. The summed E-state index contributed by atoms with van der Waals surface area (Å²) in [5.41, 5.74) is 6.84. The maximum atomic E-state index is 12.6. The van der Waals surface area contributed by atoms with Gasteiger partial charge < -0.3 is 15.8 Å². The van der Waals surface area contributed by atoms with E-state index in [2.05, 4.69) is 5.32 Å². The van der Waals surface area contributed by atoms with Crippen LogP contribution in [0.1, 0.15) is 24.2 Å². The monoisotopic (exact) mass is 369 g/mol. The SMILES string of the molecule is CCOC(=O)c1cccc(N(C(=O)CN)C(C)C(=O)Nc2ccccc2)c1. The van der Waals surface area contributed by atoms with Gasteiger partial charge in [-0.1, -0.05) is 24.3 Å². The van der Waals surface area contributed by atoms with E-state index < -0.39 is 17.9 Å². The number of ether oxygens (including phenoxy) is 1. The Hall–Kier alpha value is -3.19. The Morgan fingerprint density at radius 3 is 2.44 bits per heavy atom. The maximum Gasteiger partial charge on any atom is 0.338 e. The smallest absolute Gasteiger partial charge is 0.338 e. The summed E-state index contributed by atoms with van der Waals surface area (Å²) in [6.45, 7) is 3.28. The lowest BCUT2D eigenvalue weighted by Crippen LogP contribution is -2.48. The normalized spacial score (nSPS) is 11.4. The zero-order valence-corrected chi connectivity index (χ0v) is 15.3. The first-order chi connectivity index (χ1) is 13.0. The largest absolute Gasteiger partial charge is 0.462 e. The minimum absolute atomic E-state index is 0.240. The highest BCUT2D eigenvalue weighted by molar-refractivity contribution is 6.05. The van der Waals surface area contributed by atoms with Crippen LogP contribution in [-0.2, 0) is 14.3 Å². The van der Waals surface area contributed by atoms with Crippen LogP contribution in [0.15, 0.2) is 54.6 Å². The van der Waals surface area contributed by atoms with Gasteiger partial charge >= 0.3 is 5.97 Å². The van der Waals surface area contributed by atoms with Crippen molar-refractivity contribution in [3.63, 3.8) is 0 Å². The molecule has 0 aliphatic carbocycles. The molecule has 0 saturated heterocycles. The molecule has 1 atom stereocenters. The topological polar surface area (TPSA) is 102 Å². The summed E-state index contributed by atoms with van der Waals surface area (Å²) in [4.78, 5) is 38.3. The van der Waals surface area contributed by atoms with E-state index in [1.807, 2.05) is 6.07 Å². The van der Waals surface area contributed by atoms with E-state index in [0.717, 1.165) is 0 Å². The Bertz CT molecular complexity index is 808. The number of esters is 1. The molecule has 0 bridgehead atoms. The van der Waals surface area contributed by atoms with E-state index in [1.165, 1.54) is 11.0 Å². The van der Waals surface area contributed by atoms with Crippen LogP contribution in [0.3, 0.4) is 0 Å². The highest BCUT2D eigenvalue weighted by atomic mass is 16.5. The third-order valence-electron chi connectivity index (χ3n) is 3.89. The molecule has 27 heavy (non-hydrogen) atoms. The van der Waals surface area contributed by atoms with Gasteiger partial charge in [0.1, 0.15) is 6.04 Å². The molecule has 0 spiro atoms. The molecule has 2 aromatic carbocycles. The summed E-state index contributed by atoms with van der Waals surface area (Å²) in [5.74, 6) is -1.31. The molecule has 0 aliphatic rings. The number of nitrogens with one attached hydrogen (secondary N) is 1. The number of anilines is 2. The molecule has 0 heterocycles. The number of rotatable bonds is 7. The van der Waals surface area contributed by atoms with Crippen molar-refractivity contribution in [2.45, 2.75) is 19.9 Å². The Labute approximate surface area is 158 Å². The van der Waals surface area contributed by atoms with E-state index in [1.54, 1.807) is 56.3 Å². The Balaban J connectivity index is 2.29. The predicted molar refractivity (Wildman–Crippen MR) is 103 cm³/mol. The van der Waals surface area contributed by atoms with Gasteiger partial charge in [-0.05, 0) is 44.2 Å². The lowest BCUT2D eigenvalue weighted by atomic mass is 10.1. The van der Waals surface area contributed by atoms with Gasteiger partial charge in [0.05, 0.1) is 18.7 Å². The quantitative estimate of drug-likeness (QED) is 0.729. The first kappa shape index (κ1) is 20.1. The van der Waals surface area contributed by atoms with Crippen molar-refractivity contribution in [3.05, 3.63) is 60.2 Å². The number of nitrogens with zero attached hydrogens (tertiary/aromatic N) is 1. The van der Waals surface area contributed by atoms with Crippen LogP contribution >= 0.6 is 0 Å².